The van der Waals surface area contributed by atoms with E-state index in [0.717, 1.165) is 5.56 Å². The number of benzene rings is 2. The van der Waals surface area contributed by atoms with Crippen molar-refractivity contribution in [3.05, 3.63) is 53.6 Å². The molecular formula is C21H25F2NO6. The van der Waals surface area contributed by atoms with Gasteiger partial charge in [-0.2, -0.15) is 8.78 Å². The number of carbonyl (C=O) groups excluding carboxylic acids is 1. The summed E-state index contributed by atoms with van der Waals surface area (Å²) in [5.41, 5.74) is 1.16. The first-order valence-electron chi connectivity index (χ1n) is 9.12. The van der Waals surface area contributed by atoms with E-state index < -0.39 is 18.7 Å². The Balaban J connectivity index is 1.87. The summed E-state index contributed by atoms with van der Waals surface area (Å²) in [6.07, 6.45) is -0.792. The number of hydrogen-bond donors (Lipinski definition) is 1. The summed E-state index contributed by atoms with van der Waals surface area (Å²) >= 11 is 0. The lowest BCUT2D eigenvalue weighted by Gasteiger charge is -2.21. The van der Waals surface area contributed by atoms with Crippen LogP contribution in [-0.4, -0.2) is 63.1 Å². The van der Waals surface area contributed by atoms with Gasteiger partial charge in [-0.1, -0.05) is 12.1 Å². The van der Waals surface area contributed by atoms with E-state index in [2.05, 4.69) is 9.47 Å². The Kier molecular flexibility index (Phi) is 8.82. The summed E-state index contributed by atoms with van der Waals surface area (Å²) in [7, 11) is 4.47. The number of methoxy groups -OCH3 is 2. The van der Waals surface area contributed by atoms with Crippen LogP contribution >= 0.6 is 0 Å². The molecule has 0 saturated carbocycles. The predicted molar refractivity (Wildman–Crippen MR) is 105 cm³/mol. The van der Waals surface area contributed by atoms with Crippen molar-refractivity contribution in [2.45, 2.75) is 19.3 Å². The Bertz CT molecular complexity index is 833. The van der Waals surface area contributed by atoms with E-state index in [0.29, 0.717) is 24.4 Å². The molecule has 2 aromatic carbocycles. The SMILES string of the molecule is COC(=O)c1cccc(OC[C@H](O)CN(C)Cc2ccc(OC(F)F)c(OC)c2)c1. The molecule has 0 aliphatic heterocycles. The highest BCUT2D eigenvalue weighted by Gasteiger charge is 2.14. The van der Waals surface area contributed by atoms with E-state index in [1.807, 2.05) is 4.90 Å². The summed E-state index contributed by atoms with van der Waals surface area (Å²) in [6, 6.07) is 11.2. The van der Waals surface area contributed by atoms with Crippen molar-refractivity contribution < 1.29 is 37.6 Å². The van der Waals surface area contributed by atoms with Crippen molar-refractivity contribution in [1.82, 2.24) is 4.90 Å². The number of nitrogens with zero attached hydrogens (tertiary/aromatic N) is 1. The van der Waals surface area contributed by atoms with Crippen LogP contribution in [0.25, 0.3) is 0 Å². The fraction of sp³-hybridized carbons (Fsp3) is 0.381. The topological polar surface area (TPSA) is 77.5 Å². The molecule has 2 rings (SSSR count). The third-order valence-electron chi connectivity index (χ3n) is 4.12. The fourth-order valence-electron chi connectivity index (χ4n) is 2.82. The first kappa shape index (κ1) is 23.4. The highest BCUT2D eigenvalue weighted by molar-refractivity contribution is 5.89. The Labute approximate surface area is 173 Å². The predicted octanol–water partition coefficient (Wildman–Crippen LogP) is 2.95. The lowest BCUT2D eigenvalue weighted by molar-refractivity contribution is -0.0512. The molecule has 0 spiro atoms. The molecule has 164 valence electrons. The van der Waals surface area contributed by atoms with Crippen LogP contribution in [0, 0.1) is 0 Å². The zero-order chi connectivity index (χ0) is 22.1. The highest BCUT2D eigenvalue weighted by Crippen LogP contribution is 2.29. The summed E-state index contributed by atoms with van der Waals surface area (Å²) in [4.78, 5) is 13.4. The van der Waals surface area contributed by atoms with Crippen LogP contribution in [0.1, 0.15) is 15.9 Å². The molecule has 0 aromatic heterocycles. The quantitative estimate of drug-likeness (QED) is 0.555. The molecule has 0 amide bonds. The molecule has 0 radical (unpaired) electrons. The van der Waals surface area contributed by atoms with Crippen LogP contribution in [0.15, 0.2) is 42.5 Å². The molecule has 0 unspecified atom stereocenters. The number of carbonyl (C=O) groups is 1. The number of aliphatic hydroxyl groups is 1. The first-order valence-corrected chi connectivity index (χ1v) is 9.12. The zero-order valence-electron chi connectivity index (χ0n) is 17.0. The van der Waals surface area contributed by atoms with Gasteiger partial charge in [0.1, 0.15) is 18.5 Å². The summed E-state index contributed by atoms with van der Waals surface area (Å²) in [6.45, 7) is -2.16. The minimum atomic E-state index is -2.93. The standard InChI is InChI=1S/C21H25F2NO6/c1-24(11-14-7-8-18(30-21(22)23)19(9-14)27-2)12-16(25)13-29-17-6-4-5-15(10-17)20(26)28-3/h4-10,16,21,25H,11-13H2,1-3H3/t16-/m1/s1. The second-order valence-electron chi connectivity index (χ2n) is 6.54. The molecule has 30 heavy (non-hydrogen) atoms. The maximum absolute atomic E-state index is 12.4. The van der Waals surface area contributed by atoms with Crippen molar-refractivity contribution >= 4 is 5.97 Å². The van der Waals surface area contributed by atoms with E-state index in [9.17, 15) is 18.7 Å². The van der Waals surface area contributed by atoms with E-state index >= 15 is 0 Å². The third-order valence-corrected chi connectivity index (χ3v) is 4.12. The second-order valence-corrected chi connectivity index (χ2v) is 6.54. The van der Waals surface area contributed by atoms with Gasteiger partial charge in [0, 0.05) is 13.1 Å². The van der Waals surface area contributed by atoms with Gasteiger partial charge in [-0.05, 0) is 42.9 Å². The molecule has 0 heterocycles. The molecule has 0 bridgehead atoms. The molecule has 1 atom stereocenters. The van der Waals surface area contributed by atoms with Gasteiger partial charge in [0.05, 0.1) is 19.8 Å². The van der Waals surface area contributed by atoms with Gasteiger partial charge in [0.25, 0.3) is 0 Å². The van der Waals surface area contributed by atoms with Crippen LogP contribution in [0.3, 0.4) is 0 Å². The number of aliphatic hydroxyl groups excluding tert-OH is 1. The normalized spacial score (nSPS) is 12.0. The molecule has 0 aliphatic carbocycles. The number of halogens is 2. The van der Waals surface area contributed by atoms with Gasteiger partial charge in [-0.25, -0.2) is 4.79 Å². The molecule has 0 saturated heterocycles. The van der Waals surface area contributed by atoms with E-state index in [1.54, 1.807) is 37.4 Å². The Morgan fingerprint density at radius 3 is 2.57 bits per heavy atom. The maximum atomic E-state index is 12.4. The summed E-state index contributed by atoms with van der Waals surface area (Å²) in [5, 5.41) is 10.2. The number of hydrogen-bond acceptors (Lipinski definition) is 7. The second kappa shape index (κ2) is 11.3. The van der Waals surface area contributed by atoms with E-state index in [1.165, 1.54) is 26.4 Å². The van der Waals surface area contributed by atoms with Crippen LogP contribution in [0.4, 0.5) is 8.78 Å². The van der Waals surface area contributed by atoms with Gasteiger partial charge in [-0.3, -0.25) is 4.90 Å². The monoisotopic (exact) mass is 425 g/mol. The van der Waals surface area contributed by atoms with Crippen LogP contribution in [-0.2, 0) is 11.3 Å². The maximum Gasteiger partial charge on any atom is 0.387 e. The van der Waals surface area contributed by atoms with E-state index in [-0.39, 0.29) is 18.1 Å². The van der Waals surface area contributed by atoms with Crippen molar-refractivity contribution in [1.29, 1.82) is 0 Å². The smallest absolute Gasteiger partial charge is 0.387 e. The first-order chi connectivity index (χ1) is 14.3. The van der Waals surface area contributed by atoms with Gasteiger partial charge in [-0.15, -0.1) is 0 Å². The lowest BCUT2D eigenvalue weighted by Crippen LogP contribution is -2.32. The van der Waals surface area contributed by atoms with Crippen molar-refractivity contribution in [3.8, 4) is 17.2 Å². The number of ether oxygens (including phenoxy) is 4. The average molecular weight is 425 g/mol. The fourth-order valence-corrected chi connectivity index (χ4v) is 2.82. The molecule has 7 nitrogen and oxygen atoms in total. The number of likely N-dealkylation sites (N-methyl/N-ethyl adjacent to an activating group) is 1. The van der Waals surface area contributed by atoms with Crippen LogP contribution in [0.2, 0.25) is 0 Å². The van der Waals surface area contributed by atoms with Crippen molar-refractivity contribution in [2.75, 3.05) is 34.4 Å². The van der Waals surface area contributed by atoms with Crippen molar-refractivity contribution in [3.63, 3.8) is 0 Å². The third kappa shape index (κ3) is 7.16. The minimum absolute atomic E-state index is 0.0272. The highest BCUT2D eigenvalue weighted by atomic mass is 19.3. The van der Waals surface area contributed by atoms with Gasteiger partial charge in [0.2, 0.25) is 0 Å². The molecule has 9 heteroatoms. The Hall–Kier alpha value is -2.91. The molecule has 1 N–H and O–H groups in total. The van der Waals surface area contributed by atoms with Gasteiger partial charge < -0.3 is 24.1 Å². The zero-order valence-corrected chi connectivity index (χ0v) is 17.0. The summed E-state index contributed by atoms with van der Waals surface area (Å²) in [5.74, 6) is 0.136. The Morgan fingerprint density at radius 2 is 1.90 bits per heavy atom. The van der Waals surface area contributed by atoms with Crippen LogP contribution in [0.5, 0.6) is 17.2 Å². The number of alkyl halides is 2. The summed E-state index contributed by atoms with van der Waals surface area (Å²) < 4.78 is 44.6. The average Bonchev–Trinajstić information content (AvgIpc) is 2.72. The molecule has 2 aromatic rings. The van der Waals surface area contributed by atoms with Crippen molar-refractivity contribution in [2.24, 2.45) is 0 Å². The molecule has 0 aliphatic rings. The van der Waals surface area contributed by atoms with Crippen LogP contribution < -0.4 is 14.2 Å². The molecule has 0 fully saturated rings. The number of rotatable bonds is 11. The van der Waals surface area contributed by atoms with Gasteiger partial charge in [0.15, 0.2) is 11.5 Å². The minimum Gasteiger partial charge on any atom is -0.493 e. The molecular weight excluding hydrogens is 400 g/mol. The van der Waals surface area contributed by atoms with Gasteiger partial charge >= 0.3 is 12.6 Å². The number of esters is 1. The largest absolute Gasteiger partial charge is 0.493 e. The lowest BCUT2D eigenvalue weighted by atomic mass is 10.2. The Morgan fingerprint density at radius 1 is 1.13 bits per heavy atom. The van der Waals surface area contributed by atoms with E-state index in [4.69, 9.17) is 9.47 Å².